The van der Waals surface area contributed by atoms with Crippen LogP contribution >= 0.6 is 0 Å². The van der Waals surface area contributed by atoms with Gasteiger partial charge in [0.15, 0.2) is 0 Å². The van der Waals surface area contributed by atoms with Crippen molar-refractivity contribution >= 4 is 29.6 Å². The van der Waals surface area contributed by atoms with Gasteiger partial charge in [-0.1, -0.05) is 34.1 Å². The van der Waals surface area contributed by atoms with Crippen LogP contribution in [0, 0.1) is 11.8 Å². The molecule has 0 radical (unpaired) electrons. The van der Waals surface area contributed by atoms with Gasteiger partial charge in [-0.3, -0.25) is 19.2 Å². The van der Waals surface area contributed by atoms with Crippen molar-refractivity contribution in [2.24, 2.45) is 23.3 Å². The van der Waals surface area contributed by atoms with Gasteiger partial charge in [0.05, 0.1) is 12.5 Å². The summed E-state index contributed by atoms with van der Waals surface area (Å²) in [7, 11) is 0. The predicted octanol–water partition coefficient (Wildman–Crippen LogP) is -0.673. The molecule has 0 aliphatic carbocycles. The molecule has 0 saturated carbocycles. The van der Waals surface area contributed by atoms with Gasteiger partial charge in [-0.2, -0.15) is 0 Å². The van der Waals surface area contributed by atoms with Gasteiger partial charge in [0, 0.05) is 6.54 Å². The van der Waals surface area contributed by atoms with Gasteiger partial charge in [-0.15, -0.1) is 0 Å². The maximum Gasteiger partial charge on any atom is 0.326 e. The Morgan fingerprint density at radius 3 is 2.25 bits per heavy atom. The number of hydrogen-bond acceptors (Lipinski definition) is 6. The number of carbonyl (C=O) groups excluding carboxylic acids is 4. The maximum absolute atomic E-state index is 13.0. The lowest BCUT2D eigenvalue weighted by molar-refractivity contribution is -0.144. The van der Waals surface area contributed by atoms with E-state index < -0.39 is 54.3 Å². The average molecular weight is 456 g/mol. The number of nitrogens with two attached hydrogens (primary N) is 2. The number of carboxylic acids is 1. The number of hydrogen-bond donors (Lipinski definition) is 5. The Labute approximate surface area is 188 Å². The molecule has 0 bridgehead atoms. The van der Waals surface area contributed by atoms with E-state index in [1.165, 1.54) is 4.90 Å². The molecule has 0 aromatic heterocycles. The zero-order valence-corrected chi connectivity index (χ0v) is 19.3. The molecule has 1 saturated heterocycles. The van der Waals surface area contributed by atoms with Gasteiger partial charge in [-0.25, -0.2) is 4.79 Å². The van der Waals surface area contributed by atoms with Gasteiger partial charge in [0.25, 0.3) is 0 Å². The summed E-state index contributed by atoms with van der Waals surface area (Å²) in [5.41, 5.74) is 11.1. The van der Waals surface area contributed by atoms with Crippen LogP contribution in [0.25, 0.3) is 0 Å². The SMILES string of the molecule is CCC(C)C(NC(=O)C1CCCN1C(=O)C(N)CC(C)C)C(=O)NC(CC(N)=O)C(=O)O. The Morgan fingerprint density at radius 2 is 1.75 bits per heavy atom. The van der Waals surface area contributed by atoms with Crippen molar-refractivity contribution in [2.45, 2.75) is 84.0 Å². The first kappa shape index (κ1) is 27.3. The molecular weight excluding hydrogens is 418 g/mol. The minimum atomic E-state index is -1.50. The van der Waals surface area contributed by atoms with Crippen molar-refractivity contribution in [3.8, 4) is 0 Å². The van der Waals surface area contributed by atoms with E-state index in [1.54, 1.807) is 6.92 Å². The predicted molar refractivity (Wildman–Crippen MR) is 117 cm³/mol. The molecule has 1 fully saturated rings. The monoisotopic (exact) mass is 455 g/mol. The summed E-state index contributed by atoms with van der Waals surface area (Å²) < 4.78 is 0. The first-order valence-electron chi connectivity index (χ1n) is 11.1. The summed E-state index contributed by atoms with van der Waals surface area (Å²) in [6, 6.07) is -3.99. The zero-order chi connectivity index (χ0) is 24.6. The van der Waals surface area contributed by atoms with Crippen molar-refractivity contribution in [1.29, 1.82) is 0 Å². The van der Waals surface area contributed by atoms with Crippen LogP contribution < -0.4 is 22.1 Å². The Balaban J connectivity index is 2.95. The van der Waals surface area contributed by atoms with Crippen LogP contribution in [0.15, 0.2) is 0 Å². The van der Waals surface area contributed by atoms with E-state index >= 15 is 0 Å². The Kier molecular flexibility index (Phi) is 10.6. The summed E-state index contributed by atoms with van der Waals surface area (Å²) in [4.78, 5) is 62.5. The minimum absolute atomic E-state index is 0.227. The standard InChI is InChI=1S/C21H37N5O6/c1-5-12(4)17(19(29)24-14(21(31)32)10-16(23)27)25-18(28)15-7-6-8-26(15)20(30)13(22)9-11(2)3/h11-15,17H,5-10,22H2,1-4H3,(H2,23,27)(H,24,29)(H,25,28)(H,31,32). The molecule has 0 aromatic carbocycles. The minimum Gasteiger partial charge on any atom is -0.480 e. The second kappa shape index (κ2) is 12.4. The lowest BCUT2D eigenvalue weighted by Gasteiger charge is -2.30. The summed E-state index contributed by atoms with van der Waals surface area (Å²) >= 11 is 0. The fourth-order valence-electron chi connectivity index (χ4n) is 3.74. The number of nitrogens with one attached hydrogen (secondary N) is 2. The Bertz CT molecular complexity index is 713. The molecule has 7 N–H and O–H groups in total. The third kappa shape index (κ3) is 7.77. The number of aliphatic carboxylic acids is 1. The highest BCUT2D eigenvalue weighted by Gasteiger charge is 2.39. The molecule has 5 atom stereocenters. The van der Waals surface area contributed by atoms with Gasteiger partial charge in [0.1, 0.15) is 18.1 Å². The summed E-state index contributed by atoms with van der Waals surface area (Å²) in [6.45, 7) is 7.89. The summed E-state index contributed by atoms with van der Waals surface area (Å²) in [6.07, 6.45) is 1.54. The molecule has 4 amide bonds. The van der Waals surface area contributed by atoms with Crippen LogP contribution in [-0.2, 0) is 24.0 Å². The van der Waals surface area contributed by atoms with Crippen molar-refractivity contribution in [1.82, 2.24) is 15.5 Å². The van der Waals surface area contributed by atoms with Crippen LogP contribution in [-0.4, -0.2) is 70.3 Å². The smallest absolute Gasteiger partial charge is 0.326 e. The maximum atomic E-state index is 13.0. The number of carbonyl (C=O) groups is 5. The van der Waals surface area contributed by atoms with E-state index in [-0.39, 0.29) is 17.7 Å². The van der Waals surface area contributed by atoms with Crippen molar-refractivity contribution < 1.29 is 29.1 Å². The van der Waals surface area contributed by atoms with Crippen LogP contribution in [0.3, 0.4) is 0 Å². The molecule has 1 heterocycles. The van der Waals surface area contributed by atoms with Crippen molar-refractivity contribution in [3.05, 3.63) is 0 Å². The molecule has 182 valence electrons. The van der Waals surface area contributed by atoms with Crippen LogP contribution in [0.2, 0.25) is 0 Å². The third-order valence-electron chi connectivity index (χ3n) is 5.69. The molecule has 1 rings (SSSR count). The van der Waals surface area contributed by atoms with E-state index in [0.717, 1.165) is 0 Å². The van der Waals surface area contributed by atoms with E-state index in [4.69, 9.17) is 11.5 Å². The molecule has 1 aliphatic heterocycles. The number of rotatable bonds is 12. The third-order valence-corrected chi connectivity index (χ3v) is 5.69. The first-order valence-corrected chi connectivity index (χ1v) is 11.1. The average Bonchev–Trinajstić information content (AvgIpc) is 3.18. The first-order chi connectivity index (χ1) is 14.9. The van der Waals surface area contributed by atoms with E-state index in [1.807, 2.05) is 20.8 Å². The molecule has 32 heavy (non-hydrogen) atoms. The molecule has 11 nitrogen and oxygen atoms in total. The van der Waals surface area contributed by atoms with Crippen LogP contribution in [0.5, 0.6) is 0 Å². The Hall–Kier alpha value is -2.69. The van der Waals surface area contributed by atoms with E-state index in [0.29, 0.717) is 32.2 Å². The van der Waals surface area contributed by atoms with Gasteiger partial charge in [-0.05, 0) is 31.1 Å². The van der Waals surface area contributed by atoms with Gasteiger partial charge in [0.2, 0.25) is 23.6 Å². The Morgan fingerprint density at radius 1 is 1.12 bits per heavy atom. The van der Waals surface area contributed by atoms with Gasteiger partial charge < -0.3 is 32.1 Å². The molecule has 1 aliphatic rings. The molecule has 5 unspecified atom stereocenters. The van der Waals surface area contributed by atoms with Crippen LogP contribution in [0.4, 0.5) is 0 Å². The number of carboxylic acid groups (broad SMARTS) is 1. The van der Waals surface area contributed by atoms with Crippen LogP contribution in [0.1, 0.15) is 59.8 Å². The molecule has 11 heteroatoms. The summed E-state index contributed by atoms with van der Waals surface area (Å²) in [5, 5.41) is 14.2. The second-order valence-electron chi connectivity index (χ2n) is 8.87. The van der Waals surface area contributed by atoms with E-state index in [2.05, 4.69) is 10.6 Å². The lowest BCUT2D eigenvalue weighted by Crippen LogP contribution is -2.58. The normalized spacial score (nSPS) is 19.7. The fourth-order valence-corrected chi connectivity index (χ4v) is 3.74. The number of likely N-dealkylation sites (tertiary alicyclic amines) is 1. The number of primary amides is 1. The highest BCUT2D eigenvalue weighted by Crippen LogP contribution is 2.21. The van der Waals surface area contributed by atoms with Crippen molar-refractivity contribution in [2.75, 3.05) is 6.54 Å². The number of amides is 4. The zero-order valence-electron chi connectivity index (χ0n) is 19.3. The molecule has 0 spiro atoms. The lowest BCUT2D eigenvalue weighted by atomic mass is 9.97. The summed E-state index contributed by atoms with van der Waals surface area (Å²) in [5.74, 6) is -3.89. The largest absolute Gasteiger partial charge is 0.480 e. The van der Waals surface area contributed by atoms with E-state index in [9.17, 15) is 29.1 Å². The highest BCUT2D eigenvalue weighted by atomic mass is 16.4. The molecular formula is C21H37N5O6. The quantitative estimate of drug-likeness (QED) is 0.258. The second-order valence-corrected chi connectivity index (χ2v) is 8.87. The highest BCUT2D eigenvalue weighted by molar-refractivity contribution is 5.95. The molecule has 0 aromatic rings. The fraction of sp³-hybridized carbons (Fsp3) is 0.762. The van der Waals surface area contributed by atoms with Gasteiger partial charge >= 0.3 is 5.97 Å². The topological polar surface area (TPSA) is 185 Å². The number of nitrogens with zero attached hydrogens (tertiary/aromatic N) is 1. The van der Waals surface area contributed by atoms with Crippen molar-refractivity contribution in [3.63, 3.8) is 0 Å².